The normalized spacial score (nSPS) is 12.5. The van der Waals surface area contributed by atoms with E-state index in [-0.39, 0.29) is 18.5 Å². The average molecular weight is 1000 g/mol. The molecule has 2 unspecified atom stereocenters. The molecular formula is C65H129NO5. The molecule has 0 aliphatic heterocycles. The summed E-state index contributed by atoms with van der Waals surface area (Å²) in [6, 6.07) is -0.537. The Morgan fingerprint density at radius 2 is 0.577 bits per heavy atom. The first kappa shape index (κ1) is 69.9. The highest BCUT2D eigenvalue weighted by atomic mass is 16.5. The van der Waals surface area contributed by atoms with Crippen molar-refractivity contribution in [2.75, 3.05) is 13.2 Å². The number of unbranched alkanes of at least 4 members (excludes halogenated alkanes) is 51. The predicted molar refractivity (Wildman–Crippen MR) is 310 cm³/mol. The lowest BCUT2D eigenvalue weighted by Crippen LogP contribution is -2.45. The third-order valence-corrected chi connectivity index (χ3v) is 15.7. The summed E-state index contributed by atoms with van der Waals surface area (Å²) in [6.07, 6.45) is 72.8. The van der Waals surface area contributed by atoms with Crippen molar-refractivity contribution in [1.29, 1.82) is 0 Å². The summed E-state index contributed by atoms with van der Waals surface area (Å²) in [5.74, 6) is -0.00804. The van der Waals surface area contributed by atoms with Crippen LogP contribution in [0.5, 0.6) is 0 Å². The average Bonchev–Trinajstić information content (AvgIpc) is 3.37. The van der Waals surface area contributed by atoms with Crippen LogP contribution in [0.2, 0.25) is 0 Å². The van der Waals surface area contributed by atoms with E-state index in [1.165, 1.54) is 308 Å². The second-order valence-corrected chi connectivity index (χ2v) is 22.8. The van der Waals surface area contributed by atoms with E-state index < -0.39 is 12.1 Å². The van der Waals surface area contributed by atoms with Crippen LogP contribution in [0, 0.1) is 0 Å². The molecular weight excluding hydrogens is 875 g/mol. The van der Waals surface area contributed by atoms with E-state index in [0.29, 0.717) is 25.9 Å². The van der Waals surface area contributed by atoms with Gasteiger partial charge in [-0.1, -0.05) is 341 Å². The molecule has 0 aromatic rings. The molecule has 0 spiro atoms. The molecule has 424 valence electrons. The monoisotopic (exact) mass is 1000 g/mol. The maximum atomic E-state index is 12.5. The Morgan fingerprint density at radius 3 is 0.859 bits per heavy atom. The molecule has 0 rings (SSSR count). The molecule has 0 radical (unpaired) electrons. The topological polar surface area (TPSA) is 95.9 Å². The largest absolute Gasteiger partial charge is 0.466 e. The number of hydrogen-bond donors (Lipinski definition) is 3. The minimum atomic E-state index is -0.660. The summed E-state index contributed by atoms with van der Waals surface area (Å²) < 4.78 is 5.49. The summed E-state index contributed by atoms with van der Waals surface area (Å²) >= 11 is 0. The summed E-state index contributed by atoms with van der Waals surface area (Å²) in [7, 11) is 0. The Kier molecular flexibility index (Phi) is 60.4. The summed E-state index contributed by atoms with van der Waals surface area (Å²) in [5.41, 5.74) is 0. The van der Waals surface area contributed by atoms with Gasteiger partial charge in [-0.05, 0) is 25.7 Å². The minimum absolute atomic E-state index is 0.0213. The van der Waals surface area contributed by atoms with Gasteiger partial charge in [0.1, 0.15) is 0 Å². The van der Waals surface area contributed by atoms with E-state index >= 15 is 0 Å². The summed E-state index contributed by atoms with van der Waals surface area (Å²) in [6.45, 7) is 4.99. The standard InChI is InChI=1S/C65H129NO5/c1-3-5-7-9-11-13-15-33-37-41-45-49-53-57-63(68)62(61-67)66-64(69)58-54-50-46-42-38-35-31-29-27-25-23-21-19-17-18-20-22-24-26-28-30-32-36-40-44-48-52-56-60-71-65(70)59-55-51-47-43-39-34-16-14-12-10-8-6-4-2/h62-63,67-68H,3-61H2,1-2H3,(H,66,69). The van der Waals surface area contributed by atoms with Crippen molar-refractivity contribution >= 4 is 11.9 Å². The second kappa shape index (κ2) is 61.4. The van der Waals surface area contributed by atoms with E-state index in [1.54, 1.807) is 0 Å². The molecule has 6 nitrogen and oxygen atoms in total. The molecule has 0 aliphatic rings. The van der Waals surface area contributed by atoms with Gasteiger partial charge in [-0.25, -0.2) is 0 Å². The van der Waals surface area contributed by atoms with Gasteiger partial charge in [0, 0.05) is 12.8 Å². The van der Waals surface area contributed by atoms with Crippen LogP contribution >= 0.6 is 0 Å². The lowest BCUT2D eigenvalue weighted by atomic mass is 10.0. The van der Waals surface area contributed by atoms with Gasteiger partial charge < -0.3 is 20.3 Å². The van der Waals surface area contributed by atoms with E-state index in [4.69, 9.17) is 4.74 Å². The van der Waals surface area contributed by atoms with Crippen molar-refractivity contribution in [1.82, 2.24) is 5.32 Å². The van der Waals surface area contributed by atoms with E-state index in [1.807, 2.05) is 0 Å². The van der Waals surface area contributed by atoms with E-state index in [0.717, 1.165) is 38.5 Å². The smallest absolute Gasteiger partial charge is 0.305 e. The molecule has 0 bridgehead atoms. The zero-order valence-corrected chi connectivity index (χ0v) is 48.5. The van der Waals surface area contributed by atoms with Gasteiger partial charge in [0.25, 0.3) is 0 Å². The van der Waals surface area contributed by atoms with Crippen LogP contribution in [0.25, 0.3) is 0 Å². The SMILES string of the molecule is CCCCCCCCCCCCCCCC(=O)OCCCCCCCCCCCCCCCCCCCCCCCCCCCCCCC(=O)NC(CO)C(O)CCCCCCCCCCCCCCC. The fourth-order valence-corrected chi connectivity index (χ4v) is 10.6. The molecule has 0 aromatic carbocycles. The molecule has 0 saturated heterocycles. The molecule has 0 saturated carbocycles. The van der Waals surface area contributed by atoms with Crippen molar-refractivity contribution in [2.45, 2.75) is 392 Å². The first-order valence-electron chi connectivity index (χ1n) is 32.8. The van der Waals surface area contributed by atoms with Gasteiger partial charge in [-0.15, -0.1) is 0 Å². The quantitative estimate of drug-likeness (QED) is 0.0417. The van der Waals surface area contributed by atoms with Gasteiger partial charge in [0.05, 0.1) is 25.4 Å². The van der Waals surface area contributed by atoms with Crippen LogP contribution < -0.4 is 5.32 Å². The minimum Gasteiger partial charge on any atom is -0.466 e. The maximum absolute atomic E-state index is 12.5. The first-order chi connectivity index (χ1) is 35.0. The molecule has 1 amide bonds. The van der Waals surface area contributed by atoms with Gasteiger partial charge in [-0.2, -0.15) is 0 Å². The number of hydrogen-bond acceptors (Lipinski definition) is 5. The molecule has 0 aromatic heterocycles. The summed E-state index contributed by atoms with van der Waals surface area (Å²) in [5, 5.41) is 23.3. The van der Waals surface area contributed by atoms with Crippen LogP contribution in [0.1, 0.15) is 380 Å². The lowest BCUT2D eigenvalue weighted by Gasteiger charge is -2.22. The van der Waals surface area contributed by atoms with Gasteiger partial charge in [0.2, 0.25) is 5.91 Å². The van der Waals surface area contributed by atoms with Crippen LogP contribution in [0.15, 0.2) is 0 Å². The zero-order chi connectivity index (χ0) is 51.4. The fraction of sp³-hybridized carbons (Fsp3) is 0.969. The van der Waals surface area contributed by atoms with Gasteiger partial charge in [-0.3, -0.25) is 9.59 Å². The Balaban J connectivity index is 3.31. The lowest BCUT2D eigenvalue weighted by molar-refractivity contribution is -0.143. The highest BCUT2D eigenvalue weighted by Crippen LogP contribution is 2.19. The third kappa shape index (κ3) is 58.0. The number of nitrogens with one attached hydrogen (secondary N) is 1. The Hall–Kier alpha value is -1.14. The Morgan fingerprint density at radius 1 is 0.338 bits per heavy atom. The Labute approximate surface area is 445 Å². The number of ether oxygens (including phenoxy) is 1. The predicted octanol–water partition coefficient (Wildman–Crippen LogP) is 20.6. The first-order valence-corrected chi connectivity index (χ1v) is 32.8. The molecule has 6 heteroatoms. The van der Waals surface area contributed by atoms with Gasteiger partial charge >= 0.3 is 5.97 Å². The maximum Gasteiger partial charge on any atom is 0.305 e. The summed E-state index contributed by atoms with van der Waals surface area (Å²) in [4.78, 5) is 24.5. The van der Waals surface area contributed by atoms with Crippen molar-refractivity contribution in [2.24, 2.45) is 0 Å². The van der Waals surface area contributed by atoms with E-state index in [2.05, 4.69) is 19.2 Å². The highest BCUT2D eigenvalue weighted by Gasteiger charge is 2.20. The van der Waals surface area contributed by atoms with Crippen LogP contribution in [0.3, 0.4) is 0 Å². The number of aliphatic hydroxyl groups excluding tert-OH is 2. The number of aliphatic hydroxyl groups is 2. The number of amides is 1. The van der Waals surface area contributed by atoms with Crippen molar-refractivity contribution < 1.29 is 24.5 Å². The number of carbonyl (C=O) groups excluding carboxylic acids is 2. The fourth-order valence-electron chi connectivity index (χ4n) is 10.6. The van der Waals surface area contributed by atoms with E-state index in [9.17, 15) is 19.8 Å². The second-order valence-electron chi connectivity index (χ2n) is 22.8. The van der Waals surface area contributed by atoms with Crippen molar-refractivity contribution in [3.05, 3.63) is 0 Å². The van der Waals surface area contributed by atoms with Gasteiger partial charge in [0.15, 0.2) is 0 Å². The Bertz CT molecular complexity index is 1020. The molecule has 3 N–H and O–H groups in total. The molecule has 0 heterocycles. The molecule has 2 atom stereocenters. The van der Waals surface area contributed by atoms with Crippen molar-refractivity contribution in [3.63, 3.8) is 0 Å². The molecule has 0 fully saturated rings. The third-order valence-electron chi connectivity index (χ3n) is 15.7. The van der Waals surface area contributed by atoms with Crippen LogP contribution in [-0.4, -0.2) is 47.4 Å². The zero-order valence-electron chi connectivity index (χ0n) is 48.5. The number of esters is 1. The number of rotatable bonds is 62. The van der Waals surface area contributed by atoms with Crippen molar-refractivity contribution in [3.8, 4) is 0 Å². The van der Waals surface area contributed by atoms with Crippen LogP contribution in [0.4, 0.5) is 0 Å². The molecule has 71 heavy (non-hydrogen) atoms. The molecule has 0 aliphatic carbocycles. The van der Waals surface area contributed by atoms with Crippen LogP contribution in [-0.2, 0) is 14.3 Å². The number of carbonyl (C=O) groups is 2. The highest BCUT2D eigenvalue weighted by molar-refractivity contribution is 5.76.